The second-order valence-electron chi connectivity index (χ2n) is 13.3. The molecule has 10 rings (SSSR count). The molecule has 0 aliphatic carbocycles. The van der Waals surface area contributed by atoms with Crippen molar-refractivity contribution in [2.45, 2.75) is 0 Å². The fourth-order valence-corrected chi connectivity index (χ4v) is 7.62. The zero-order valence-corrected chi connectivity index (χ0v) is 32.1. The number of hydrogen-bond donors (Lipinski definition) is 0. The first-order valence-corrected chi connectivity index (χ1v) is 18.0. The Labute approximate surface area is 334 Å². The standard InChI is InChI=1S/C48H33N6.Pt/c1-51-32-50-48-47(51)40-28-27-37(31-43(40)54(48)44-26-13-14-29-49-44)46(45(34-16-5-2-6-17-34)35-18-7-3-8-19-35)36-20-15-23-39(30-36)53-33-52(38-21-9-4-10-22-38)41-24-11-12-25-42(41)53;/h2-29,32-33H,1H3;/q-3;. The van der Waals surface area contributed by atoms with Crippen molar-refractivity contribution < 1.29 is 21.1 Å². The second kappa shape index (κ2) is 14.4. The minimum atomic E-state index is 0. The summed E-state index contributed by atoms with van der Waals surface area (Å²) in [5.74, 6) is 0.793. The van der Waals surface area contributed by atoms with Gasteiger partial charge in [-0.05, 0) is 58.6 Å². The fourth-order valence-electron chi connectivity index (χ4n) is 7.62. The quantitative estimate of drug-likeness (QED) is 0.118. The van der Waals surface area contributed by atoms with Crippen molar-refractivity contribution >= 4 is 56.0 Å². The third kappa shape index (κ3) is 5.96. The number of pyridine rings is 1. The Balaban J connectivity index is 0.00000397. The van der Waals surface area contributed by atoms with Gasteiger partial charge in [-0.2, -0.15) is 0 Å². The number of nitrogens with zero attached hydrogens (tertiary/aromatic N) is 6. The molecule has 6 aromatic carbocycles. The maximum absolute atomic E-state index is 4.83. The van der Waals surface area contributed by atoms with E-state index in [9.17, 15) is 0 Å². The second-order valence-corrected chi connectivity index (χ2v) is 13.3. The first-order valence-electron chi connectivity index (χ1n) is 18.0. The topological polar surface area (TPSA) is 42.1 Å². The minimum Gasteiger partial charge on any atom is -0.488 e. The van der Waals surface area contributed by atoms with Gasteiger partial charge in [0.1, 0.15) is 5.82 Å². The van der Waals surface area contributed by atoms with Crippen LogP contribution in [0.3, 0.4) is 0 Å². The normalized spacial score (nSPS) is 12.2. The number of anilines is 4. The molecule has 1 aliphatic heterocycles. The molecule has 0 atom stereocenters. The van der Waals surface area contributed by atoms with E-state index < -0.39 is 0 Å². The SMILES string of the molecule is Cn1cnc2c1c1ccc(C(=C(c3ccccc3)c3ccccc3)c3[c-]c(N4[CH-]N(c5ccccc5)c5ccccc54)ccc3)[c-]c1n2-c1ccccn1.[Pt]. The Morgan fingerprint density at radius 3 is 1.89 bits per heavy atom. The Morgan fingerprint density at radius 2 is 1.20 bits per heavy atom. The first kappa shape index (κ1) is 34.3. The number of imidazole rings is 1. The molecule has 0 unspecified atom stereocenters. The van der Waals surface area contributed by atoms with E-state index in [1.165, 1.54) is 0 Å². The molecule has 0 bridgehead atoms. The van der Waals surface area contributed by atoms with Crippen LogP contribution in [0.1, 0.15) is 22.3 Å². The van der Waals surface area contributed by atoms with Crippen molar-refractivity contribution in [1.82, 2.24) is 19.1 Å². The third-order valence-corrected chi connectivity index (χ3v) is 10.0. The van der Waals surface area contributed by atoms with Gasteiger partial charge in [0, 0.05) is 51.4 Å². The summed E-state index contributed by atoms with van der Waals surface area (Å²) in [4.78, 5) is 14.1. The molecule has 0 radical (unpaired) electrons. The monoisotopic (exact) mass is 888 g/mol. The molecule has 0 saturated heterocycles. The molecule has 7 heteroatoms. The van der Waals surface area contributed by atoms with Crippen molar-refractivity contribution in [1.29, 1.82) is 0 Å². The Morgan fingerprint density at radius 1 is 0.564 bits per heavy atom. The Kier molecular flexibility index (Phi) is 8.97. The van der Waals surface area contributed by atoms with E-state index in [0.717, 1.165) is 84.0 Å². The van der Waals surface area contributed by atoms with Gasteiger partial charge in [0.25, 0.3) is 0 Å². The molecule has 1 aliphatic rings. The molecule has 4 heterocycles. The predicted molar refractivity (Wildman–Crippen MR) is 219 cm³/mol. The average molecular weight is 889 g/mol. The Hall–Kier alpha value is -6.49. The van der Waals surface area contributed by atoms with Crippen LogP contribution < -0.4 is 9.80 Å². The van der Waals surface area contributed by atoms with Crippen molar-refractivity contribution in [3.8, 4) is 5.82 Å². The molecular formula is C48H33N6Pt-3. The number of benzene rings is 6. The van der Waals surface area contributed by atoms with E-state index in [-0.39, 0.29) is 21.1 Å². The summed E-state index contributed by atoms with van der Waals surface area (Å²) in [6.07, 6.45) is 3.68. The van der Waals surface area contributed by atoms with E-state index in [2.05, 4.69) is 177 Å². The number of aromatic nitrogens is 4. The molecule has 0 spiro atoms. The molecule has 0 saturated carbocycles. The minimum absolute atomic E-state index is 0. The summed E-state index contributed by atoms with van der Waals surface area (Å²) >= 11 is 0. The van der Waals surface area contributed by atoms with Crippen LogP contribution >= 0.6 is 0 Å². The van der Waals surface area contributed by atoms with E-state index in [1.54, 1.807) is 0 Å². The van der Waals surface area contributed by atoms with E-state index >= 15 is 0 Å². The van der Waals surface area contributed by atoms with Crippen LogP contribution in [0.15, 0.2) is 176 Å². The van der Waals surface area contributed by atoms with Crippen LogP contribution in [-0.4, -0.2) is 19.1 Å². The third-order valence-electron chi connectivity index (χ3n) is 10.0. The van der Waals surface area contributed by atoms with Gasteiger partial charge in [0.2, 0.25) is 0 Å². The molecule has 6 nitrogen and oxygen atoms in total. The van der Waals surface area contributed by atoms with E-state index in [0.29, 0.717) is 0 Å². The maximum atomic E-state index is 4.83. The largest absolute Gasteiger partial charge is 0.488 e. The number of aryl methyl sites for hydroxylation is 1. The number of para-hydroxylation sites is 3. The van der Waals surface area contributed by atoms with Crippen LogP contribution in [0, 0.1) is 18.8 Å². The molecule has 0 fully saturated rings. The summed E-state index contributed by atoms with van der Waals surface area (Å²) in [7, 11) is 2.03. The van der Waals surface area contributed by atoms with Crippen molar-refractivity contribution in [3.05, 3.63) is 217 Å². The average Bonchev–Trinajstić information content (AvgIpc) is 3.92. The van der Waals surface area contributed by atoms with Crippen molar-refractivity contribution in [2.75, 3.05) is 9.80 Å². The van der Waals surface area contributed by atoms with Gasteiger partial charge in [0.05, 0.1) is 11.8 Å². The fraction of sp³-hybridized carbons (Fsp3) is 0.0208. The van der Waals surface area contributed by atoms with Crippen LogP contribution in [0.25, 0.3) is 39.0 Å². The van der Waals surface area contributed by atoms with Gasteiger partial charge in [-0.1, -0.05) is 108 Å². The smallest absolute Gasteiger partial charge is 0.154 e. The van der Waals surface area contributed by atoms with E-state index in [4.69, 9.17) is 9.97 Å². The molecular weight excluding hydrogens is 856 g/mol. The number of hydrogen-bond acceptors (Lipinski definition) is 4. The van der Waals surface area contributed by atoms with Gasteiger partial charge in [0.15, 0.2) is 5.65 Å². The van der Waals surface area contributed by atoms with Crippen molar-refractivity contribution in [3.63, 3.8) is 0 Å². The van der Waals surface area contributed by atoms with Gasteiger partial charge in [-0.15, -0.1) is 65.8 Å². The first-order chi connectivity index (χ1) is 26.7. The van der Waals surface area contributed by atoms with Crippen LogP contribution in [0.5, 0.6) is 0 Å². The zero-order chi connectivity index (χ0) is 36.0. The van der Waals surface area contributed by atoms with Gasteiger partial charge < -0.3 is 14.4 Å². The van der Waals surface area contributed by atoms with Crippen molar-refractivity contribution in [2.24, 2.45) is 7.05 Å². The molecule has 0 amide bonds. The number of rotatable bonds is 7. The summed E-state index contributed by atoms with van der Waals surface area (Å²) in [6, 6.07) is 64.8. The predicted octanol–water partition coefficient (Wildman–Crippen LogP) is 10.9. The zero-order valence-electron chi connectivity index (χ0n) is 29.8. The molecule has 55 heavy (non-hydrogen) atoms. The van der Waals surface area contributed by atoms with Gasteiger partial charge in [-0.25, -0.2) is 9.97 Å². The molecule has 3 aromatic heterocycles. The van der Waals surface area contributed by atoms with Crippen LogP contribution in [0.4, 0.5) is 22.7 Å². The van der Waals surface area contributed by atoms with E-state index in [1.807, 2.05) is 43.8 Å². The summed E-state index contributed by atoms with van der Waals surface area (Å²) < 4.78 is 4.19. The molecule has 268 valence electrons. The molecule has 9 aromatic rings. The molecule has 0 N–H and O–H groups in total. The summed E-state index contributed by atoms with van der Waals surface area (Å²) in [5, 5.41) is 1.06. The number of fused-ring (bicyclic) bond motifs is 4. The van der Waals surface area contributed by atoms with Gasteiger partial charge >= 0.3 is 0 Å². The van der Waals surface area contributed by atoms with Crippen LogP contribution in [-0.2, 0) is 28.1 Å². The van der Waals surface area contributed by atoms with Gasteiger partial charge in [-0.3, -0.25) is 4.57 Å². The maximum Gasteiger partial charge on any atom is 0.154 e. The summed E-state index contributed by atoms with van der Waals surface area (Å²) in [5.41, 5.74) is 13.2. The Bertz CT molecular complexity index is 2770. The summed E-state index contributed by atoms with van der Waals surface area (Å²) in [6.45, 7) is 2.16. The van der Waals surface area contributed by atoms with Crippen LogP contribution in [0.2, 0.25) is 0 Å².